The lowest BCUT2D eigenvalue weighted by molar-refractivity contribution is -0.136. The Bertz CT molecular complexity index is 392. The van der Waals surface area contributed by atoms with E-state index in [1.807, 2.05) is 26.0 Å². The van der Waals surface area contributed by atoms with Gasteiger partial charge in [0, 0.05) is 20.0 Å². The van der Waals surface area contributed by atoms with Gasteiger partial charge in [0.15, 0.2) is 0 Å². The smallest absolute Gasteiger partial charge is 0.221 e. The van der Waals surface area contributed by atoms with Crippen molar-refractivity contribution in [1.82, 2.24) is 4.90 Å². The molecule has 4 heteroatoms. The standard InChI is InChI=1S/C15H24ClNO2/c1-6-14-9-7-8-11(2)15(14,16)17(13(4)18)12(3)10-19-5/h7-9,12,14H,6,10H2,1-5H3/t12?,14?,15-/m1/s1. The summed E-state index contributed by atoms with van der Waals surface area (Å²) >= 11 is 6.91. The number of hydrogen-bond acceptors (Lipinski definition) is 2. The molecular formula is C15H24ClNO2. The number of nitrogens with zero attached hydrogens (tertiary/aromatic N) is 1. The zero-order chi connectivity index (χ0) is 14.6. The molecule has 1 amide bonds. The lowest BCUT2D eigenvalue weighted by Crippen LogP contribution is -2.57. The van der Waals surface area contributed by atoms with Gasteiger partial charge in [-0.1, -0.05) is 36.8 Å². The number of rotatable bonds is 5. The summed E-state index contributed by atoms with van der Waals surface area (Å²) < 4.78 is 5.18. The third-order valence-corrected chi connectivity index (χ3v) is 4.47. The van der Waals surface area contributed by atoms with Gasteiger partial charge in [0.2, 0.25) is 5.91 Å². The van der Waals surface area contributed by atoms with E-state index in [4.69, 9.17) is 16.3 Å². The molecule has 0 aromatic rings. The van der Waals surface area contributed by atoms with E-state index >= 15 is 0 Å². The van der Waals surface area contributed by atoms with Crippen LogP contribution in [0.25, 0.3) is 0 Å². The van der Waals surface area contributed by atoms with Gasteiger partial charge < -0.3 is 9.64 Å². The minimum absolute atomic E-state index is 0.0268. The highest BCUT2D eigenvalue weighted by Gasteiger charge is 2.46. The molecule has 0 fully saturated rings. The highest BCUT2D eigenvalue weighted by molar-refractivity contribution is 6.27. The van der Waals surface area contributed by atoms with Gasteiger partial charge in [-0.05, 0) is 25.8 Å². The predicted molar refractivity (Wildman–Crippen MR) is 79.1 cm³/mol. The first-order chi connectivity index (χ1) is 8.89. The molecule has 0 aliphatic heterocycles. The van der Waals surface area contributed by atoms with Crippen LogP contribution in [-0.4, -0.2) is 35.6 Å². The highest BCUT2D eigenvalue weighted by Crippen LogP contribution is 2.43. The molecule has 1 aliphatic carbocycles. The van der Waals surface area contributed by atoms with Crippen molar-refractivity contribution in [2.24, 2.45) is 5.92 Å². The lowest BCUT2D eigenvalue weighted by Gasteiger charge is -2.47. The Balaban J connectivity index is 3.20. The molecule has 0 bridgehead atoms. The van der Waals surface area contributed by atoms with Gasteiger partial charge in [-0.3, -0.25) is 4.79 Å². The molecule has 1 aliphatic rings. The fourth-order valence-electron chi connectivity index (χ4n) is 2.82. The number of alkyl halides is 1. The summed E-state index contributed by atoms with van der Waals surface area (Å²) in [7, 11) is 1.64. The van der Waals surface area contributed by atoms with Gasteiger partial charge in [0.05, 0.1) is 12.6 Å². The number of methoxy groups -OCH3 is 1. The van der Waals surface area contributed by atoms with Crippen LogP contribution in [0.5, 0.6) is 0 Å². The minimum atomic E-state index is -0.784. The first-order valence-corrected chi connectivity index (χ1v) is 7.10. The van der Waals surface area contributed by atoms with Crippen molar-refractivity contribution in [3.05, 3.63) is 23.8 Å². The quantitative estimate of drug-likeness (QED) is 0.573. The molecule has 0 aromatic heterocycles. The van der Waals surface area contributed by atoms with E-state index in [0.717, 1.165) is 12.0 Å². The maximum Gasteiger partial charge on any atom is 0.221 e. The molecule has 1 rings (SSSR count). The fourth-order valence-corrected chi connectivity index (χ4v) is 3.40. The van der Waals surface area contributed by atoms with Crippen LogP contribution in [0.3, 0.4) is 0 Å². The van der Waals surface area contributed by atoms with E-state index in [2.05, 4.69) is 13.0 Å². The summed E-state index contributed by atoms with van der Waals surface area (Å²) in [5, 5.41) is 0. The Morgan fingerprint density at radius 1 is 1.63 bits per heavy atom. The van der Waals surface area contributed by atoms with Gasteiger partial charge in [-0.25, -0.2) is 0 Å². The molecule has 0 aromatic carbocycles. The number of carbonyl (C=O) groups excluding carboxylic acids is 1. The van der Waals surface area contributed by atoms with Gasteiger partial charge in [-0.2, -0.15) is 0 Å². The van der Waals surface area contributed by atoms with E-state index in [1.54, 1.807) is 18.9 Å². The first kappa shape index (κ1) is 16.3. The summed E-state index contributed by atoms with van der Waals surface area (Å²) in [6, 6.07) is -0.0658. The molecule has 108 valence electrons. The van der Waals surface area contributed by atoms with Crippen molar-refractivity contribution in [1.29, 1.82) is 0 Å². The van der Waals surface area contributed by atoms with Crippen molar-refractivity contribution in [3.63, 3.8) is 0 Å². The van der Waals surface area contributed by atoms with E-state index < -0.39 is 5.00 Å². The van der Waals surface area contributed by atoms with E-state index in [9.17, 15) is 4.79 Å². The molecule has 0 N–H and O–H groups in total. The third-order valence-electron chi connectivity index (χ3n) is 3.71. The van der Waals surface area contributed by atoms with Gasteiger partial charge >= 0.3 is 0 Å². The van der Waals surface area contributed by atoms with Crippen molar-refractivity contribution >= 4 is 17.5 Å². The molecule has 0 spiro atoms. The fraction of sp³-hybridized carbons (Fsp3) is 0.667. The minimum Gasteiger partial charge on any atom is -0.383 e. The van der Waals surface area contributed by atoms with Crippen LogP contribution in [0.1, 0.15) is 34.1 Å². The topological polar surface area (TPSA) is 29.5 Å². The Morgan fingerprint density at radius 2 is 2.26 bits per heavy atom. The normalized spacial score (nSPS) is 27.9. The van der Waals surface area contributed by atoms with Crippen LogP contribution >= 0.6 is 11.6 Å². The van der Waals surface area contributed by atoms with Crippen molar-refractivity contribution in [3.8, 4) is 0 Å². The van der Waals surface area contributed by atoms with Gasteiger partial charge in [0.1, 0.15) is 5.00 Å². The predicted octanol–water partition coefficient (Wildman–Crippen LogP) is 3.35. The second kappa shape index (κ2) is 6.58. The molecule has 3 atom stereocenters. The summed E-state index contributed by atoms with van der Waals surface area (Å²) in [4.78, 5) is 13.1. The van der Waals surface area contributed by atoms with Crippen LogP contribution in [0.2, 0.25) is 0 Å². The summed E-state index contributed by atoms with van der Waals surface area (Å²) in [5.74, 6) is 0.0865. The number of ether oxygens (including phenoxy) is 1. The Hall–Kier alpha value is -0.800. The van der Waals surface area contributed by atoms with Crippen LogP contribution in [0, 0.1) is 5.92 Å². The molecule has 0 saturated carbocycles. The molecule has 3 nitrogen and oxygen atoms in total. The lowest BCUT2D eigenvalue weighted by atomic mass is 9.84. The van der Waals surface area contributed by atoms with E-state index in [-0.39, 0.29) is 17.9 Å². The maximum absolute atomic E-state index is 12.1. The zero-order valence-corrected chi connectivity index (χ0v) is 13.2. The number of carbonyl (C=O) groups is 1. The highest BCUT2D eigenvalue weighted by atomic mass is 35.5. The van der Waals surface area contributed by atoms with Crippen molar-refractivity contribution < 1.29 is 9.53 Å². The Morgan fingerprint density at radius 3 is 2.74 bits per heavy atom. The van der Waals surface area contributed by atoms with Crippen molar-refractivity contribution in [2.45, 2.75) is 45.2 Å². The van der Waals surface area contributed by atoms with E-state index in [1.165, 1.54) is 0 Å². The number of hydrogen-bond donors (Lipinski definition) is 0. The first-order valence-electron chi connectivity index (χ1n) is 6.72. The molecular weight excluding hydrogens is 262 g/mol. The van der Waals surface area contributed by atoms with Crippen LogP contribution in [0.4, 0.5) is 0 Å². The van der Waals surface area contributed by atoms with Gasteiger partial charge in [0.25, 0.3) is 0 Å². The molecule has 2 unspecified atom stereocenters. The number of allylic oxidation sites excluding steroid dienone is 2. The number of halogens is 1. The summed E-state index contributed by atoms with van der Waals surface area (Å²) in [6.45, 7) is 8.07. The molecule has 0 heterocycles. The average molecular weight is 286 g/mol. The summed E-state index contributed by atoms with van der Waals surface area (Å²) in [6.07, 6.45) is 6.96. The zero-order valence-electron chi connectivity index (χ0n) is 12.4. The Labute approximate surface area is 121 Å². The molecule has 19 heavy (non-hydrogen) atoms. The van der Waals surface area contributed by atoms with Crippen molar-refractivity contribution in [2.75, 3.05) is 13.7 Å². The van der Waals surface area contributed by atoms with Crippen LogP contribution in [-0.2, 0) is 9.53 Å². The molecule has 0 saturated heterocycles. The second-order valence-electron chi connectivity index (χ2n) is 5.12. The monoisotopic (exact) mass is 285 g/mol. The summed E-state index contributed by atoms with van der Waals surface area (Å²) in [5.41, 5.74) is 1.00. The van der Waals surface area contributed by atoms with Gasteiger partial charge in [-0.15, -0.1) is 0 Å². The largest absolute Gasteiger partial charge is 0.383 e. The SMILES string of the molecule is CCC1C=CC=C(C)[C@@]1(Cl)N(C(C)=O)C(C)COC. The van der Waals surface area contributed by atoms with E-state index in [0.29, 0.717) is 6.61 Å². The Kier molecular flexibility index (Phi) is 5.63. The van der Waals surface area contributed by atoms with Crippen LogP contribution in [0.15, 0.2) is 23.8 Å². The second-order valence-corrected chi connectivity index (χ2v) is 5.69. The third kappa shape index (κ3) is 3.03. The molecule has 0 radical (unpaired) electrons. The average Bonchev–Trinajstić information content (AvgIpc) is 2.32. The van der Waals surface area contributed by atoms with Crippen LogP contribution < -0.4 is 0 Å². The number of amides is 1. The maximum atomic E-state index is 12.1.